The lowest BCUT2D eigenvalue weighted by Crippen LogP contribution is -2.33. The topological polar surface area (TPSA) is 77.0 Å². The molecule has 5 rings (SSSR count). The summed E-state index contributed by atoms with van der Waals surface area (Å²) in [5.74, 6) is 0.201. The summed E-state index contributed by atoms with van der Waals surface area (Å²) in [6, 6.07) is 37.7. The number of hydrazone groups is 1. The number of amides is 1. The van der Waals surface area contributed by atoms with Crippen LogP contribution in [0.25, 0.3) is 21.9 Å². The van der Waals surface area contributed by atoms with Gasteiger partial charge in [-0.05, 0) is 76.9 Å². The Balaban J connectivity index is 1.12. The van der Waals surface area contributed by atoms with E-state index in [9.17, 15) is 9.59 Å². The predicted molar refractivity (Wildman–Crippen MR) is 153 cm³/mol. The first-order chi connectivity index (χ1) is 19.1. The first-order valence-corrected chi connectivity index (χ1v) is 12.5. The quantitative estimate of drug-likeness (QED) is 0.109. The van der Waals surface area contributed by atoms with Crippen LogP contribution in [0.5, 0.6) is 11.5 Å². The van der Waals surface area contributed by atoms with Gasteiger partial charge in [-0.25, -0.2) is 10.2 Å². The minimum atomic E-state index is -0.736. The molecule has 0 unspecified atom stereocenters. The number of esters is 1. The molecule has 0 heterocycles. The van der Waals surface area contributed by atoms with Crippen molar-refractivity contribution >= 4 is 28.9 Å². The number of carbonyl (C=O) groups is 2. The molecule has 6 nitrogen and oxygen atoms in total. The van der Waals surface area contributed by atoms with Crippen LogP contribution < -0.4 is 14.9 Å². The molecule has 1 atom stereocenters. The van der Waals surface area contributed by atoms with Gasteiger partial charge >= 0.3 is 5.97 Å². The Morgan fingerprint density at radius 1 is 0.718 bits per heavy atom. The van der Waals surface area contributed by atoms with Gasteiger partial charge in [0.15, 0.2) is 6.10 Å². The van der Waals surface area contributed by atoms with E-state index < -0.39 is 12.1 Å². The highest BCUT2D eigenvalue weighted by Crippen LogP contribution is 2.23. The van der Waals surface area contributed by atoms with E-state index >= 15 is 0 Å². The van der Waals surface area contributed by atoms with Crippen molar-refractivity contribution in [2.24, 2.45) is 5.10 Å². The number of nitrogens with zero attached hydrogens (tertiary/aromatic N) is 1. The largest absolute Gasteiger partial charge is 0.481 e. The van der Waals surface area contributed by atoms with E-state index in [4.69, 9.17) is 9.47 Å². The highest BCUT2D eigenvalue weighted by Gasteiger charge is 2.14. The van der Waals surface area contributed by atoms with Crippen LogP contribution >= 0.6 is 0 Å². The zero-order chi connectivity index (χ0) is 27.0. The van der Waals surface area contributed by atoms with Crippen LogP contribution in [0.3, 0.4) is 0 Å². The van der Waals surface area contributed by atoms with Crippen molar-refractivity contribution in [3.05, 3.63) is 132 Å². The molecule has 6 heteroatoms. The van der Waals surface area contributed by atoms with Crippen molar-refractivity contribution in [1.29, 1.82) is 0 Å². The monoisotopic (exact) mass is 514 g/mol. The zero-order valence-electron chi connectivity index (χ0n) is 21.3. The molecule has 39 heavy (non-hydrogen) atoms. The summed E-state index contributed by atoms with van der Waals surface area (Å²) in [6.07, 6.45) is 0.774. The number of hydrogen-bond acceptors (Lipinski definition) is 5. The predicted octanol–water partition coefficient (Wildman–Crippen LogP) is 6.64. The number of benzene rings is 5. The molecule has 0 spiro atoms. The lowest BCUT2D eigenvalue weighted by atomic mass is 10.0. The molecule has 192 valence electrons. The summed E-state index contributed by atoms with van der Waals surface area (Å²) < 4.78 is 11.3. The van der Waals surface area contributed by atoms with Gasteiger partial charge in [-0.1, -0.05) is 78.9 Å². The number of carbonyl (C=O) groups excluding carboxylic acids is 2. The van der Waals surface area contributed by atoms with Gasteiger partial charge in [0, 0.05) is 0 Å². The molecule has 0 bridgehead atoms. The second-order valence-corrected chi connectivity index (χ2v) is 8.87. The van der Waals surface area contributed by atoms with Gasteiger partial charge in [0.1, 0.15) is 11.5 Å². The maximum Gasteiger partial charge on any atom is 0.344 e. The highest BCUT2D eigenvalue weighted by atomic mass is 16.5. The van der Waals surface area contributed by atoms with E-state index in [0.29, 0.717) is 17.1 Å². The molecule has 0 aliphatic rings. The van der Waals surface area contributed by atoms with Gasteiger partial charge in [-0.3, -0.25) is 4.79 Å². The molecule has 1 amide bonds. The van der Waals surface area contributed by atoms with Crippen LogP contribution in [0, 0.1) is 0 Å². The molecule has 5 aromatic carbocycles. The van der Waals surface area contributed by atoms with Crippen LogP contribution in [0.2, 0.25) is 0 Å². The van der Waals surface area contributed by atoms with E-state index in [0.717, 1.165) is 27.5 Å². The Morgan fingerprint density at radius 2 is 1.36 bits per heavy atom. The standard InChI is InChI=1S/C33H26N2O4/c1-23(38-28-20-16-26(17-21-28)25-8-3-2-4-9-25)32(36)35-34-22-24-14-18-29(19-15-24)39-33(37)31-13-7-11-27-10-5-6-12-30(27)31/h2-23H,1H3,(H,35,36)/b34-22-/t23-/m0/s1. The Morgan fingerprint density at radius 3 is 2.13 bits per heavy atom. The summed E-state index contributed by atoms with van der Waals surface area (Å²) in [5.41, 5.74) is 5.91. The first-order valence-electron chi connectivity index (χ1n) is 12.5. The molecule has 0 aliphatic heterocycles. The highest BCUT2D eigenvalue weighted by molar-refractivity contribution is 6.05. The second kappa shape index (κ2) is 11.9. The minimum Gasteiger partial charge on any atom is -0.481 e. The molecule has 0 saturated heterocycles. The Kier molecular flexibility index (Phi) is 7.74. The Hall–Kier alpha value is -5.23. The van der Waals surface area contributed by atoms with Crippen LogP contribution in [0.15, 0.2) is 126 Å². The molecule has 0 saturated carbocycles. The number of rotatable bonds is 8. The average Bonchev–Trinajstić information content (AvgIpc) is 2.98. The van der Waals surface area contributed by atoms with Gasteiger partial charge in [0.2, 0.25) is 0 Å². The van der Waals surface area contributed by atoms with Crippen molar-refractivity contribution in [1.82, 2.24) is 5.43 Å². The molecule has 1 N–H and O–H groups in total. The molecular weight excluding hydrogens is 488 g/mol. The van der Waals surface area contributed by atoms with E-state index in [-0.39, 0.29) is 5.91 Å². The number of nitrogens with one attached hydrogen (secondary N) is 1. The van der Waals surface area contributed by atoms with Crippen LogP contribution in [-0.4, -0.2) is 24.2 Å². The summed E-state index contributed by atoms with van der Waals surface area (Å²) >= 11 is 0. The van der Waals surface area contributed by atoms with Gasteiger partial charge in [0.25, 0.3) is 5.91 Å². The summed E-state index contributed by atoms with van der Waals surface area (Å²) in [6.45, 7) is 1.66. The number of fused-ring (bicyclic) bond motifs is 1. The van der Waals surface area contributed by atoms with Crippen molar-refractivity contribution < 1.29 is 19.1 Å². The average molecular weight is 515 g/mol. The van der Waals surface area contributed by atoms with E-state index in [1.54, 1.807) is 37.3 Å². The Labute approximate surface area is 226 Å². The summed E-state index contributed by atoms with van der Waals surface area (Å²) in [7, 11) is 0. The smallest absolute Gasteiger partial charge is 0.344 e. The summed E-state index contributed by atoms with van der Waals surface area (Å²) in [5, 5.41) is 5.83. The third-order valence-electron chi connectivity index (χ3n) is 6.13. The van der Waals surface area contributed by atoms with E-state index in [1.807, 2.05) is 91.0 Å². The SMILES string of the molecule is C[C@H](Oc1ccc(-c2ccccc2)cc1)C(=O)N/N=C\c1ccc(OC(=O)c2cccc3ccccc23)cc1. The van der Waals surface area contributed by atoms with Gasteiger partial charge in [-0.2, -0.15) is 5.10 Å². The van der Waals surface area contributed by atoms with Gasteiger partial charge in [-0.15, -0.1) is 0 Å². The van der Waals surface area contributed by atoms with Crippen LogP contribution in [-0.2, 0) is 4.79 Å². The van der Waals surface area contributed by atoms with Crippen LogP contribution in [0.4, 0.5) is 0 Å². The number of ether oxygens (including phenoxy) is 2. The fourth-order valence-electron chi connectivity index (χ4n) is 4.06. The zero-order valence-corrected chi connectivity index (χ0v) is 21.3. The lowest BCUT2D eigenvalue weighted by Gasteiger charge is -2.13. The minimum absolute atomic E-state index is 0.376. The fraction of sp³-hybridized carbons (Fsp3) is 0.0606. The molecule has 0 radical (unpaired) electrons. The first kappa shape index (κ1) is 25.4. The van der Waals surface area contributed by atoms with Crippen LogP contribution in [0.1, 0.15) is 22.8 Å². The maximum absolute atomic E-state index is 12.7. The molecule has 0 aliphatic carbocycles. The number of hydrogen-bond donors (Lipinski definition) is 1. The van der Waals surface area contributed by atoms with E-state index in [2.05, 4.69) is 10.5 Å². The lowest BCUT2D eigenvalue weighted by molar-refractivity contribution is -0.127. The second-order valence-electron chi connectivity index (χ2n) is 8.87. The molecule has 0 aromatic heterocycles. The summed E-state index contributed by atoms with van der Waals surface area (Å²) in [4.78, 5) is 25.2. The van der Waals surface area contributed by atoms with Gasteiger partial charge < -0.3 is 9.47 Å². The normalized spacial score (nSPS) is 11.7. The fourth-order valence-corrected chi connectivity index (χ4v) is 4.06. The van der Waals surface area contributed by atoms with Crippen molar-refractivity contribution in [2.45, 2.75) is 13.0 Å². The van der Waals surface area contributed by atoms with E-state index in [1.165, 1.54) is 6.21 Å². The molecule has 5 aromatic rings. The molecule has 0 fully saturated rings. The van der Waals surface area contributed by atoms with Gasteiger partial charge in [0.05, 0.1) is 11.8 Å². The Bertz CT molecular complexity index is 1610. The molecular formula is C33H26N2O4. The van der Waals surface area contributed by atoms with Crippen molar-refractivity contribution in [3.8, 4) is 22.6 Å². The third kappa shape index (κ3) is 6.37. The van der Waals surface area contributed by atoms with Crippen molar-refractivity contribution in [2.75, 3.05) is 0 Å². The maximum atomic E-state index is 12.7. The third-order valence-corrected chi connectivity index (χ3v) is 6.13. The van der Waals surface area contributed by atoms with Crippen molar-refractivity contribution in [3.63, 3.8) is 0 Å².